The lowest BCUT2D eigenvalue weighted by atomic mass is 10.1. The Morgan fingerprint density at radius 1 is 1.44 bits per heavy atom. The van der Waals surface area contributed by atoms with Crippen LogP contribution in [0, 0.1) is 6.92 Å². The molecule has 0 aliphatic carbocycles. The summed E-state index contributed by atoms with van der Waals surface area (Å²) in [5.74, 6) is 0.617. The Labute approximate surface area is 96.0 Å². The largest absolute Gasteiger partial charge is 0.483 e. The summed E-state index contributed by atoms with van der Waals surface area (Å²) in [6, 6.07) is 5.75. The number of hydrogen-bond acceptors (Lipinski definition) is 3. The molecule has 0 fully saturated rings. The van der Waals surface area contributed by atoms with Crippen molar-refractivity contribution in [2.45, 2.75) is 13.5 Å². The van der Waals surface area contributed by atoms with E-state index in [0.717, 1.165) is 11.1 Å². The van der Waals surface area contributed by atoms with E-state index in [1.54, 1.807) is 14.1 Å². The van der Waals surface area contributed by atoms with Crippen molar-refractivity contribution in [2.24, 2.45) is 5.73 Å². The fourth-order valence-corrected chi connectivity index (χ4v) is 1.28. The summed E-state index contributed by atoms with van der Waals surface area (Å²) in [7, 11) is 3.40. The number of hydrogen-bond donors (Lipinski definition) is 1. The van der Waals surface area contributed by atoms with Gasteiger partial charge in [-0.2, -0.15) is 0 Å². The number of amides is 1. The van der Waals surface area contributed by atoms with E-state index < -0.39 is 0 Å². The minimum atomic E-state index is -0.0662. The second kappa shape index (κ2) is 5.51. The van der Waals surface area contributed by atoms with E-state index in [2.05, 4.69) is 0 Å². The molecule has 0 bridgehead atoms. The van der Waals surface area contributed by atoms with E-state index in [1.807, 2.05) is 25.1 Å². The molecule has 88 valence electrons. The zero-order valence-corrected chi connectivity index (χ0v) is 9.99. The number of likely N-dealkylation sites (N-methyl/N-ethyl adjacent to an activating group) is 1. The number of nitrogens with zero attached hydrogens (tertiary/aromatic N) is 1. The van der Waals surface area contributed by atoms with Crippen LogP contribution in [-0.2, 0) is 11.3 Å². The van der Waals surface area contributed by atoms with Gasteiger partial charge >= 0.3 is 0 Å². The SMILES string of the molecule is Cc1ccc(OCC(=O)N(C)C)c(CN)c1. The van der Waals surface area contributed by atoms with E-state index in [0.29, 0.717) is 12.3 Å². The first kappa shape index (κ1) is 12.5. The van der Waals surface area contributed by atoms with Crippen LogP contribution in [0.5, 0.6) is 5.75 Å². The van der Waals surface area contributed by atoms with Gasteiger partial charge in [0.15, 0.2) is 6.61 Å². The van der Waals surface area contributed by atoms with Gasteiger partial charge in [0.05, 0.1) is 0 Å². The maximum absolute atomic E-state index is 11.4. The molecule has 0 heterocycles. The predicted molar refractivity (Wildman–Crippen MR) is 63.3 cm³/mol. The van der Waals surface area contributed by atoms with Gasteiger partial charge in [0.1, 0.15) is 5.75 Å². The molecule has 0 aliphatic rings. The number of carbonyl (C=O) groups excluding carboxylic acids is 1. The molecule has 1 aromatic carbocycles. The van der Waals surface area contributed by atoms with E-state index >= 15 is 0 Å². The van der Waals surface area contributed by atoms with E-state index in [-0.39, 0.29) is 12.5 Å². The van der Waals surface area contributed by atoms with Crippen LogP contribution >= 0.6 is 0 Å². The average Bonchev–Trinajstić information content (AvgIpc) is 2.26. The van der Waals surface area contributed by atoms with Gasteiger partial charge in [-0.05, 0) is 13.0 Å². The summed E-state index contributed by atoms with van der Waals surface area (Å²) < 4.78 is 5.43. The van der Waals surface area contributed by atoms with Gasteiger partial charge in [-0.3, -0.25) is 4.79 Å². The van der Waals surface area contributed by atoms with Crippen molar-refractivity contribution < 1.29 is 9.53 Å². The molecule has 4 heteroatoms. The summed E-state index contributed by atoms with van der Waals surface area (Å²) in [4.78, 5) is 12.8. The van der Waals surface area contributed by atoms with Crippen molar-refractivity contribution in [3.05, 3.63) is 29.3 Å². The van der Waals surface area contributed by atoms with Gasteiger partial charge in [-0.15, -0.1) is 0 Å². The second-order valence-corrected chi connectivity index (χ2v) is 3.89. The van der Waals surface area contributed by atoms with Crippen molar-refractivity contribution in [1.82, 2.24) is 4.90 Å². The lowest BCUT2D eigenvalue weighted by Crippen LogP contribution is -2.27. The molecule has 0 spiro atoms. The van der Waals surface area contributed by atoms with E-state index in [9.17, 15) is 4.79 Å². The minimum absolute atomic E-state index is 0.0447. The Kier molecular flexibility index (Phi) is 4.31. The maximum atomic E-state index is 11.4. The van der Waals surface area contributed by atoms with Crippen LogP contribution in [0.25, 0.3) is 0 Å². The average molecular weight is 222 g/mol. The Balaban J connectivity index is 2.70. The summed E-state index contributed by atoms with van der Waals surface area (Å²) in [5.41, 5.74) is 7.66. The maximum Gasteiger partial charge on any atom is 0.259 e. The molecule has 0 unspecified atom stereocenters. The van der Waals surface area contributed by atoms with Crippen LogP contribution in [0.15, 0.2) is 18.2 Å². The molecule has 0 aromatic heterocycles. The normalized spacial score (nSPS) is 10.0. The van der Waals surface area contributed by atoms with Gasteiger partial charge in [0, 0.05) is 26.2 Å². The number of benzene rings is 1. The first-order valence-corrected chi connectivity index (χ1v) is 5.17. The van der Waals surface area contributed by atoms with Crippen LogP contribution in [0.1, 0.15) is 11.1 Å². The lowest BCUT2D eigenvalue weighted by molar-refractivity contribution is -0.130. The van der Waals surface area contributed by atoms with Gasteiger partial charge in [-0.1, -0.05) is 17.7 Å². The highest BCUT2D eigenvalue weighted by Gasteiger charge is 2.07. The van der Waals surface area contributed by atoms with Crippen molar-refractivity contribution in [2.75, 3.05) is 20.7 Å². The van der Waals surface area contributed by atoms with Crippen LogP contribution in [0.2, 0.25) is 0 Å². The van der Waals surface area contributed by atoms with Crippen LogP contribution in [0.4, 0.5) is 0 Å². The number of aryl methyl sites for hydroxylation is 1. The highest BCUT2D eigenvalue weighted by Crippen LogP contribution is 2.19. The fraction of sp³-hybridized carbons (Fsp3) is 0.417. The smallest absolute Gasteiger partial charge is 0.259 e. The molecule has 0 saturated carbocycles. The Bertz CT molecular complexity index is 375. The molecule has 1 amide bonds. The highest BCUT2D eigenvalue weighted by atomic mass is 16.5. The van der Waals surface area contributed by atoms with E-state index in [1.165, 1.54) is 4.90 Å². The van der Waals surface area contributed by atoms with Crippen molar-refractivity contribution in [1.29, 1.82) is 0 Å². The topological polar surface area (TPSA) is 55.6 Å². The molecule has 0 radical (unpaired) electrons. The Hall–Kier alpha value is -1.55. The van der Waals surface area contributed by atoms with Crippen LogP contribution in [-0.4, -0.2) is 31.5 Å². The van der Waals surface area contributed by atoms with Gasteiger partial charge in [0.2, 0.25) is 0 Å². The monoisotopic (exact) mass is 222 g/mol. The molecule has 2 N–H and O–H groups in total. The Morgan fingerprint density at radius 3 is 2.69 bits per heavy atom. The van der Waals surface area contributed by atoms with Gasteiger partial charge in [-0.25, -0.2) is 0 Å². The third kappa shape index (κ3) is 3.24. The summed E-state index contributed by atoms with van der Waals surface area (Å²) in [6.45, 7) is 2.45. The first-order chi connectivity index (χ1) is 7.54. The summed E-state index contributed by atoms with van der Waals surface area (Å²) in [6.07, 6.45) is 0. The fourth-order valence-electron chi connectivity index (χ4n) is 1.28. The van der Waals surface area contributed by atoms with E-state index in [4.69, 9.17) is 10.5 Å². The molecule has 0 atom stereocenters. The number of carbonyl (C=O) groups is 1. The third-order valence-electron chi connectivity index (χ3n) is 2.29. The standard InChI is InChI=1S/C12H18N2O2/c1-9-4-5-11(10(6-9)7-13)16-8-12(15)14(2)3/h4-6H,7-8,13H2,1-3H3. The molecule has 1 rings (SSSR count). The second-order valence-electron chi connectivity index (χ2n) is 3.89. The third-order valence-corrected chi connectivity index (χ3v) is 2.29. The van der Waals surface area contributed by atoms with Crippen LogP contribution < -0.4 is 10.5 Å². The highest BCUT2D eigenvalue weighted by molar-refractivity contribution is 5.77. The zero-order chi connectivity index (χ0) is 12.1. The molecular formula is C12H18N2O2. The molecule has 4 nitrogen and oxygen atoms in total. The van der Waals surface area contributed by atoms with Crippen molar-refractivity contribution in [3.63, 3.8) is 0 Å². The van der Waals surface area contributed by atoms with Crippen molar-refractivity contribution in [3.8, 4) is 5.75 Å². The Morgan fingerprint density at radius 2 is 2.12 bits per heavy atom. The van der Waals surface area contributed by atoms with Crippen molar-refractivity contribution >= 4 is 5.91 Å². The van der Waals surface area contributed by atoms with Gasteiger partial charge < -0.3 is 15.4 Å². The molecular weight excluding hydrogens is 204 g/mol. The number of ether oxygens (including phenoxy) is 1. The molecule has 1 aromatic rings. The zero-order valence-electron chi connectivity index (χ0n) is 9.99. The molecule has 16 heavy (non-hydrogen) atoms. The number of rotatable bonds is 4. The molecule has 0 aliphatic heterocycles. The predicted octanol–water partition coefficient (Wildman–Crippen LogP) is 0.921. The summed E-state index contributed by atoms with van der Waals surface area (Å²) >= 11 is 0. The molecule has 0 saturated heterocycles. The summed E-state index contributed by atoms with van der Waals surface area (Å²) in [5, 5.41) is 0. The van der Waals surface area contributed by atoms with Gasteiger partial charge in [0.25, 0.3) is 5.91 Å². The van der Waals surface area contributed by atoms with Crippen LogP contribution in [0.3, 0.4) is 0 Å². The quantitative estimate of drug-likeness (QED) is 0.824. The minimum Gasteiger partial charge on any atom is -0.483 e. The number of nitrogens with two attached hydrogens (primary N) is 1. The first-order valence-electron chi connectivity index (χ1n) is 5.17. The lowest BCUT2D eigenvalue weighted by Gasteiger charge is -2.13.